The minimum absolute atomic E-state index is 0.264. The zero-order valence-electron chi connectivity index (χ0n) is 12.5. The highest BCUT2D eigenvalue weighted by molar-refractivity contribution is 6.37. The number of halogens is 2. The molecule has 1 aromatic rings. The Morgan fingerprint density at radius 2 is 1.90 bits per heavy atom. The molecule has 0 aromatic heterocycles. The van der Waals surface area contributed by atoms with Crippen LogP contribution < -0.4 is 10.1 Å². The normalized spacial score (nSPS) is 12.3. The number of rotatable bonds is 8. The highest BCUT2D eigenvalue weighted by Crippen LogP contribution is 2.32. The van der Waals surface area contributed by atoms with Crippen LogP contribution in [0.25, 0.3) is 0 Å². The lowest BCUT2D eigenvalue weighted by Crippen LogP contribution is -2.40. The first kappa shape index (κ1) is 18.1. The van der Waals surface area contributed by atoms with Gasteiger partial charge in [0, 0.05) is 6.54 Å². The molecule has 0 aliphatic carbocycles. The van der Waals surface area contributed by atoms with E-state index >= 15 is 0 Å². The van der Waals surface area contributed by atoms with E-state index in [1.165, 1.54) is 7.11 Å². The summed E-state index contributed by atoms with van der Waals surface area (Å²) in [6.45, 7) is 4.96. The molecular weight excluding hydrogens is 313 g/mol. The second-order valence-corrected chi connectivity index (χ2v) is 5.87. The number of esters is 1. The maximum atomic E-state index is 11.7. The fourth-order valence-electron chi connectivity index (χ4n) is 1.88. The van der Waals surface area contributed by atoms with Gasteiger partial charge in [-0.25, -0.2) is 0 Å². The molecule has 4 nitrogen and oxygen atoms in total. The van der Waals surface area contributed by atoms with Gasteiger partial charge in [0.2, 0.25) is 0 Å². The van der Waals surface area contributed by atoms with Crippen molar-refractivity contribution in [1.82, 2.24) is 5.32 Å². The van der Waals surface area contributed by atoms with Gasteiger partial charge in [0.1, 0.15) is 12.6 Å². The van der Waals surface area contributed by atoms with E-state index in [0.29, 0.717) is 41.3 Å². The Labute approximate surface area is 135 Å². The third kappa shape index (κ3) is 6.12. The lowest BCUT2D eigenvalue weighted by atomic mass is 10.0. The zero-order chi connectivity index (χ0) is 15.8. The van der Waals surface area contributed by atoms with Crippen LogP contribution in [0.4, 0.5) is 0 Å². The molecule has 0 bridgehead atoms. The average molecular weight is 334 g/mol. The highest BCUT2D eigenvalue weighted by Gasteiger charge is 2.19. The number of methoxy groups -OCH3 is 1. The number of carbonyl (C=O) groups excluding carboxylic acids is 1. The van der Waals surface area contributed by atoms with Gasteiger partial charge in [-0.3, -0.25) is 4.79 Å². The first-order valence-corrected chi connectivity index (χ1v) is 7.59. The van der Waals surface area contributed by atoms with Crippen LogP contribution in [0.3, 0.4) is 0 Å². The number of hydrogen-bond acceptors (Lipinski definition) is 4. The average Bonchev–Trinajstić information content (AvgIpc) is 2.43. The molecule has 0 amide bonds. The summed E-state index contributed by atoms with van der Waals surface area (Å²) in [6.07, 6.45) is 0.708. The summed E-state index contributed by atoms with van der Waals surface area (Å²) in [5, 5.41) is 4.06. The smallest absolute Gasteiger partial charge is 0.322 e. The van der Waals surface area contributed by atoms with E-state index in [9.17, 15) is 4.79 Å². The second kappa shape index (κ2) is 9.13. The van der Waals surface area contributed by atoms with Gasteiger partial charge in [0.05, 0.1) is 17.2 Å². The zero-order valence-corrected chi connectivity index (χ0v) is 14.0. The van der Waals surface area contributed by atoms with Crippen LogP contribution >= 0.6 is 23.2 Å². The van der Waals surface area contributed by atoms with Gasteiger partial charge < -0.3 is 14.8 Å². The molecule has 0 saturated carbocycles. The van der Waals surface area contributed by atoms with Crippen LogP contribution in [-0.2, 0) is 9.53 Å². The van der Waals surface area contributed by atoms with E-state index in [4.69, 9.17) is 32.7 Å². The van der Waals surface area contributed by atoms with E-state index in [2.05, 4.69) is 19.2 Å². The number of carbonyl (C=O) groups is 1. The number of benzene rings is 1. The molecule has 1 aromatic carbocycles. The van der Waals surface area contributed by atoms with E-state index in [0.717, 1.165) is 0 Å². The molecule has 1 N–H and O–H groups in total. The third-order valence-corrected chi connectivity index (χ3v) is 3.45. The molecule has 0 aliphatic rings. The van der Waals surface area contributed by atoms with Crippen LogP contribution in [0.5, 0.6) is 5.75 Å². The summed E-state index contributed by atoms with van der Waals surface area (Å²) in [7, 11) is 1.39. The van der Waals surface area contributed by atoms with Crippen molar-refractivity contribution in [2.75, 3.05) is 20.3 Å². The fourth-order valence-corrected chi connectivity index (χ4v) is 2.39. The summed E-state index contributed by atoms with van der Waals surface area (Å²) >= 11 is 12.0. The van der Waals surface area contributed by atoms with E-state index in [1.54, 1.807) is 18.2 Å². The molecule has 0 aliphatic heterocycles. The van der Waals surface area contributed by atoms with Gasteiger partial charge >= 0.3 is 5.97 Å². The van der Waals surface area contributed by atoms with Crippen molar-refractivity contribution in [3.8, 4) is 5.75 Å². The summed E-state index contributed by atoms with van der Waals surface area (Å²) < 4.78 is 10.3. The van der Waals surface area contributed by atoms with Gasteiger partial charge in [-0.05, 0) is 24.5 Å². The molecule has 0 spiro atoms. The van der Waals surface area contributed by atoms with Crippen LogP contribution in [-0.4, -0.2) is 32.3 Å². The van der Waals surface area contributed by atoms with Gasteiger partial charge in [-0.1, -0.05) is 43.1 Å². The van der Waals surface area contributed by atoms with Crippen LogP contribution in [0, 0.1) is 5.92 Å². The largest absolute Gasteiger partial charge is 0.489 e. The second-order valence-electron chi connectivity index (χ2n) is 5.06. The Morgan fingerprint density at radius 3 is 2.43 bits per heavy atom. The van der Waals surface area contributed by atoms with Crippen LogP contribution in [0.15, 0.2) is 18.2 Å². The van der Waals surface area contributed by atoms with E-state index in [1.807, 2.05) is 0 Å². The number of para-hydroxylation sites is 1. The van der Waals surface area contributed by atoms with Gasteiger partial charge in [0.25, 0.3) is 0 Å². The number of nitrogens with one attached hydrogen (secondary N) is 1. The van der Waals surface area contributed by atoms with Crippen molar-refractivity contribution in [3.63, 3.8) is 0 Å². The summed E-state index contributed by atoms with van der Waals surface area (Å²) in [5.74, 6) is 0.584. The van der Waals surface area contributed by atoms with Crippen molar-refractivity contribution < 1.29 is 14.3 Å². The van der Waals surface area contributed by atoms with Crippen molar-refractivity contribution in [1.29, 1.82) is 0 Å². The Morgan fingerprint density at radius 1 is 1.29 bits per heavy atom. The summed E-state index contributed by atoms with van der Waals surface area (Å²) in [5.41, 5.74) is 0. The molecule has 6 heteroatoms. The lowest BCUT2D eigenvalue weighted by molar-refractivity contribution is -0.143. The van der Waals surface area contributed by atoms with Crippen LogP contribution in [0.1, 0.15) is 20.3 Å². The highest BCUT2D eigenvalue weighted by atomic mass is 35.5. The van der Waals surface area contributed by atoms with Gasteiger partial charge in [-0.15, -0.1) is 0 Å². The molecule has 118 valence electrons. The van der Waals surface area contributed by atoms with Crippen molar-refractivity contribution in [3.05, 3.63) is 28.2 Å². The topological polar surface area (TPSA) is 47.6 Å². The minimum atomic E-state index is -0.333. The first-order chi connectivity index (χ1) is 9.95. The quantitative estimate of drug-likeness (QED) is 0.583. The molecule has 21 heavy (non-hydrogen) atoms. The molecule has 1 unspecified atom stereocenters. The van der Waals surface area contributed by atoms with Crippen molar-refractivity contribution >= 4 is 29.2 Å². The Bertz CT molecular complexity index is 446. The van der Waals surface area contributed by atoms with Crippen molar-refractivity contribution in [2.45, 2.75) is 26.3 Å². The van der Waals surface area contributed by atoms with Gasteiger partial charge in [0.15, 0.2) is 5.75 Å². The predicted octanol–water partition coefficient (Wildman–Crippen LogP) is 3.55. The summed E-state index contributed by atoms with van der Waals surface area (Å²) in [4.78, 5) is 11.7. The summed E-state index contributed by atoms with van der Waals surface area (Å²) in [6, 6.07) is 4.85. The minimum Gasteiger partial charge on any atom is -0.489 e. The first-order valence-electron chi connectivity index (χ1n) is 6.83. The predicted molar refractivity (Wildman–Crippen MR) is 85.2 cm³/mol. The Balaban J connectivity index is 2.46. The molecule has 0 heterocycles. The molecule has 1 rings (SSSR count). The SMILES string of the molecule is COC(=O)C(CC(C)C)NCCOc1c(Cl)cccc1Cl. The number of ether oxygens (including phenoxy) is 2. The number of hydrogen-bond donors (Lipinski definition) is 1. The maximum Gasteiger partial charge on any atom is 0.322 e. The Kier molecular flexibility index (Phi) is 7.86. The third-order valence-electron chi connectivity index (χ3n) is 2.85. The van der Waals surface area contributed by atoms with E-state index in [-0.39, 0.29) is 12.0 Å². The fraction of sp³-hybridized carbons (Fsp3) is 0.533. The van der Waals surface area contributed by atoms with Gasteiger partial charge in [-0.2, -0.15) is 0 Å². The molecule has 1 atom stereocenters. The standard InChI is InChI=1S/C15H21Cl2NO3/c1-10(2)9-13(15(19)20-3)18-7-8-21-14-11(16)5-4-6-12(14)17/h4-6,10,13,18H,7-9H2,1-3H3. The van der Waals surface area contributed by atoms with Crippen LogP contribution in [0.2, 0.25) is 10.0 Å². The maximum absolute atomic E-state index is 11.7. The molecule has 0 radical (unpaired) electrons. The molecular formula is C15H21Cl2NO3. The molecule has 0 saturated heterocycles. The Hall–Kier alpha value is -0.970. The monoisotopic (exact) mass is 333 g/mol. The van der Waals surface area contributed by atoms with Crippen molar-refractivity contribution in [2.24, 2.45) is 5.92 Å². The molecule has 0 fully saturated rings. The van der Waals surface area contributed by atoms with E-state index < -0.39 is 0 Å². The lowest BCUT2D eigenvalue weighted by Gasteiger charge is -2.18.